The van der Waals surface area contributed by atoms with E-state index in [4.69, 9.17) is 4.74 Å². The summed E-state index contributed by atoms with van der Waals surface area (Å²) in [6.07, 6.45) is 6.42. The van der Waals surface area contributed by atoms with E-state index >= 15 is 0 Å². The highest BCUT2D eigenvalue weighted by Gasteiger charge is 2.43. The molecule has 1 aliphatic heterocycles. The van der Waals surface area contributed by atoms with Crippen LogP contribution in [0, 0.1) is 5.41 Å². The second-order valence-corrected chi connectivity index (χ2v) is 5.79. The summed E-state index contributed by atoms with van der Waals surface area (Å²) in [6.45, 7) is 2.68. The average Bonchev–Trinajstić information content (AvgIpc) is 3.06. The molecule has 1 heterocycles. The molecule has 4 heteroatoms. The molecule has 0 aromatic rings. The lowest BCUT2D eigenvalue weighted by molar-refractivity contribution is -0.143. The lowest BCUT2D eigenvalue weighted by Gasteiger charge is -2.35. The van der Waals surface area contributed by atoms with Crippen molar-refractivity contribution in [3.8, 4) is 0 Å². The molecule has 0 aromatic carbocycles. The average molecular weight is 254 g/mol. The van der Waals surface area contributed by atoms with E-state index in [-0.39, 0.29) is 5.41 Å². The highest BCUT2D eigenvalue weighted by molar-refractivity contribution is 5.83. The molecule has 1 atom stereocenters. The van der Waals surface area contributed by atoms with Crippen LogP contribution in [0.15, 0.2) is 0 Å². The number of nitrogens with one attached hydrogen (secondary N) is 1. The van der Waals surface area contributed by atoms with Gasteiger partial charge in [0.2, 0.25) is 5.91 Å². The number of methoxy groups -OCH3 is 1. The van der Waals surface area contributed by atoms with Crippen LogP contribution >= 0.6 is 0 Å². The quantitative estimate of drug-likeness (QED) is 0.806. The van der Waals surface area contributed by atoms with Gasteiger partial charge in [-0.1, -0.05) is 12.8 Å². The van der Waals surface area contributed by atoms with E-state index in [2.05, 4.69) is 5.32 Å². The van der Waals surface area contributed by atoms with Gasteiger partial charge in [-0.2, -0.15) is 0 Å². The molecule has 0 radical (unpaired) electrons. The Morgan fingerprint density at radius 1 is 1.44 bits per heavy atom. The van der Waals surface area contributed by atoms with Gasteiger partial charge in [-0.25, -0.2) is 0 Å². The van der Waals surface area contributed by atoms with Crippen LogP contribution in [0.3, 0.4) is 0 Å². The number of rotatable bonds is 5. The molecular weight excluding hydrogens is 228 g/mol. The van der Waals surface area contributed by atoms with Gasteiger partial charge < -0.3 is 15.0 Å². The minimum absolute atomic E-state index is 0.132. The Morgan fingerprint density at radius 3 is 2.72 bits per heavy atom. The normalized spacial score (nSPS) is 26.4. The third-order valence-corrected chi connectivity index (χ3v) is 4.70. The number of amides is 1. The summed E-state index contributed by atoms with van der Waals surface area (Å²) in [7, 11) is 3.70. The molecule has 0 aromatic heterocycles. The topological polar surface area (TPSA) is 41.6 Å². The molecule has 2 rings (SSSR count). The lowest BCUT2D eigenvalue weighted by Crippen LogP contribution is -2.46. The fourth-order valence-corrected chi connectivity index (χ4v) is 3.43. The van der Waals surface area contributed by atoms with Crippen molar-refractivity contribution in [2.45, 2.75) is 44.6 Å². The fourth-order valence-electron chi connectivity index (χ4n) is 3.43. The highest BCUT2D eigenvalue weighted by atomic mass is 16.5. The number of hydrogen-bond donors (Lipinski definition) is 1. The third-order valence-electron chi connectivity index (χ3n) is 4.70. The number of nitrogens with zero attached hydrogens (tertiary/aromatic N) is 1. The molecule has 104 valence electrons. The predicted octanol–water partition coefficient (Wildman–Crippen LogP) is 1.40. The van der Waals surface area contributed by atoms with Gasteiger partial charge in [0.15, 0.2) is 0 Å². The van der Waals surface area contributed by atoms with Crippen molar-refractivity contribution < 1.29 is 9.53 Å². The van der Waals surface area contributed by atoms with Crippen LogP contribution in [0.1, 0.15) is 38.5 Å². The monoisotopic (exact) mass is 254 g/mol. The standard InChI is InChI=1S/C14H26N2O2/c1-16(12-5-9-15-11-12)13(17)14(8-10-18-2)6-3-4-7-14/h12,15H,3-11H2,1-2H3. The smallest absolute Gasteiger partial charge is 0.228 e. The van der Waals surface area contributed by atoms with Gasteiger partial charge in [-0.3, -0.25) is 4.79 Å². The Labute approximate surface area is 110 Å². The van der Waals surface area contributed by atoms with E-state index in [9.17, 15) is 4.79 Å². The van der Waals surface area contributed by atoms with E-state index in [1.807, 2.05) is 11.9 Å². The zero-order chi connectivity index (χ0) is 13.0. The zero-order valence-electron chi connectivity index (χ0n) is 11.7. The van der Waals surface area contributed by atoms with E-state index in [0.717, 1.165) is 38.8 Å². The molecule has 2 fully saturated rings. The first-order valence-electron chi connectivity index (χ1n) is 7.16. The number of carbonyl (C=O) groups excluding carboxylic acids is 1. The summed E-state index contributed by atoms with van der Waals surface area (Å²) in [5.41, 5.74) is -0.132. The summed E-state index contributed by atoms with van der Waals surface area (Å²) in [6, 6.07) is 0.387. The van der Waals surface area contributed by atoms with Crippen LogP contribution < -0.4 is 5.32 Å². The molecule has 2 aliphatic rings. The highest BCUT2D eigenvalue weighted by Crippen LogP contribution is 2.43. The van der Waals surface area contributed by atoms with Crippen molar-refractivity contribution in [2.24, 2.45) is 5.41 Å². The van der Waals surface area contributed by atoms with Gasteiger partial charge in [0.1, 0.15) is 0 Å². The molecule has 0 bridgehead atoms. The van der Waals surface area contributed by atoms with E-state index in [1.54, 1.807) is 7.11 Å². The van der Waals surface area contributed by atoms with Gasteiger partial charge in [-0.05, 0) is 32.2 Å². The maximum absolute atomic E-state index is 12.8. The first-order valence-corrected chi connectivity index (χ1v) is 7.16. The van der Waals surface area contributed by atoms with Crippen LogP contribution in [0.25, 0.3) is 0 Å². The SMILES string of the molecule is COCCC1(C(=O)N(C)C2CCNC2)CCCC1. The fraction of sp³-hybridized carbons (Fsp3) is 0.929. The van der Waals surface area contributed by atoms with Crippen molar-refractivity contribution in [1.82, 2.24) is 10.2 Å². The lowest BCUT2D eigenvalue weighted by atomic mass is 9.81. The summed E-state index contributed by atoms with van der Waals surface area (Å²) in [5.74, 6) is 0.353. The van der Waals surface area contributed by atoms with Crippen LogP contribution in [-0.4, -0.2) is 50.7 Å². The van der Waals surface area contributed by atoms with Crippen molar-refractivity contribution in [3.05, 3.63) is 0 Å². The Bertz CT molecular complexity index is 282. The molecule has 18 heavy (non-hydrogen) atoms. The number of hydrogen-bond acceptors (Lipinski definition) is 3. The van der Waals surface area contributed by atoms with Crippen molar-refractivity contribution in [3.63, 3.8) is 0 Å². The van der Waals surface area contributed by atoms with Gasteiger partial charge in [0, 0.05) is 33.4 Å². The van der Waals surface area contributed by atoms with Crippen LogP contribution in [0.4, 0.5) is 0 Å². The maximum Gasteiger partial charge on any atom is 0.228 e. The number of carbonyl (C=O) groups is 1. The second kappa shape index (κ2) is 6.02. The van der Waals surface area contributed by atoms with E-state index in [0.29, 0.717) is 18.6 Å². The zero-order valence-corrected chi connectivity index (χ0v) is 11.7. The minimum atomic E-state index is -0.132. The minimum Gasteiger partial charge on any atom is -0.385 e. The van der Waals surface area contributed by atoms with Crippen molar-refractivity contribution in [2.75, 3.05) is 33.9 Å². The van der Waals surface area contributed by atoms with E-state index in [1.165, 1.54) is 12.8 Å². The summed E-state index contributed by atoms with van der Waals surface area (Å²) < 4.78 is 5.20. The maximum atomic E-state index is 12.8. The largest absolute Gasteiger partial charge is 0.385 e. The van der Waals surface area contributed by atoms with Gasteiger partial charge in [-0.15, -0.1) is 0 Å². The van der Waals surface area contributed by atoms with Crippen molar-refractivity contribution in [1.29, 1.82) is 0 Å². The van der Waals surface area contributed by atoms with Crippen LogP contribution in [0.5, 0.6) is 0 Å². The number of ether oxygens (including phenoxy) is 1. The summed E-state index contributed by atoms with van der Waals surface area (Å²) in [4.78, 5) is 14.8. The Morgan fingerprint density at radius 2 is 2.17 bits per heavy atom. The Hall–Kier alpha value is -0.610. The van der Waals surface area contributed by atoms with Gasteiger partial charge >= 0.3 is 0 Å². The van der Waals surface area contributed by atoms with Crippen LogP contribution in [-0.2, 0) is 9.53 Å². The number of likely N-dealkylation sites (N-methyl/N-ethyl adjacent to an activating group) is 1. The summed E-state index contributed by atoms with van der Waals surface area (Å²) in [5, 5.41) is 3.34. The molecule has 1 saturated heterocycles. The molecule has 4 nitrogen and oxygen atoms in total. The second-order valence-electron chi connectivity index (χ2n) is 5.79. The molecule has 0 spiro atoms. The first kappa shape index (κ1) is 13.8. The molecule has 1 saturated carbocycles. The van der Waals surface area contributed by atoms with Crippen LogP contribution in [0.2, 0.25) is 0 Å². The molecule has 1 N–H and O–H groups in total. The molecule has 1 amide bonds. The Kier molecular flexibility index (Phi) is 4.62. The summed E-state index contributed by atoms with van der Waals surface area (Å²) >= 11 is 0. The first-order chi connectivity index (χ1) is 8.69. The predicted molar refractivity (Wildman–Crippen MR) is 71.4 cm³/mol. The van der Waals surface area contributed by atoms with Gasteiger partial charge in [0.05, 0.1) is 5.41 Å². The molecule has 1 unspecified atom stereocenters. The molecular formula is C14H26N2O2. The van der Waals surface area contributed by atoms with E-state index < -0.39 is 0 Å². The third kappa shape index (κ3) is 2.69. The Balaban J connectivity index is 2.02. The van der Waals surface area contributed by atoms with Gasteiger partial charge in [0.25, 0.3) is 0 Å². The molecule has 1 aliphatic carbocycles. The van der Waals surface area contributed by atoms with Crippen molar-refractivity contribution >= 4 is 5.91 Å².